The Morgan fingerprint density at radius 1 is 1.57 bits per heavy atom. The summed E-state index contributed by atoms with van der Waals surface area (Å²) in [5, 5.41) is 2.60. The zero-order chi connectivity index (χ0) is 10.3. The molecule has 2 rings (SSSR count). The molecule has 1 aromatic rings. The maximum atomic E-state index is 13.1. The van der Waals surface area contributed by atoms with Crippen molar-refractivity contribution in [2.45, 2.75) is 3.61 Å². The second-order valence-electron chi connectivity index (χ2n) is 2.86. The van der Waals surface area contributed by atoms with E-state index < -0.39 is 5.82 Å². The molecule has 1 N–H and O–H groups in total. The molecule has 0 spiro atoms. The van der Waals surface area contributed by atoms with Crippen LogP contribution in [0.25, 0.3) is 0 Å². The van der Waals surface area contributed by atoms with Crippen molar-refractivity contribution in [3.05, 3.63) is 22.4 Å². The van der Waals surface area contributed by atoms with E-state index >= 15 is 0 Å². The Morgan fingerprint density at radius 2 is 2.29 bits per heavy atom. The van der Waals surface area contributed by atoms with Crippen LogP contribution in [-0.4, -0.2) is 9.52 Å². The van der Waals surface area contributed by atoms with Gasteiger partial charge in [0.15, 0.2) is 0 Å². The van der Waals surface area contributed by atoms with E-state index in [1.54, 1.807) is 0 Å². The average molecular weight is 446 g/mol. The van der Waals surface area contributed by atoms with Gasteiger partial charge in [-0.15, -0.1) is 0 Å². The van der Waals surface area contributed by atoms with Crippen LogP contribution < -0.4 is 10.1 Å². The topological polar surface area (TPSA) is 38.3 Å². The van der Waals surface area contributed by atoms with Gasteiger partial charge in [0, 0.05) is 0 Å². The van der Waals surface area contributed by atoms with Crippen molar-refractivity contribution in [3.8, 4) is 5.75 Å². The molecule has 1 atom stereocenters. The van der Waals surface area contributed by atoms with Crippen LogP contribution in [0.3, 0.4) is 0 Å². The number of benzene rings is 1. The van der Waals surface area contributed by atoms with E-state index in [0.717, 1.165) is 0 Å². The fraction of sp³-hybridized carbons (Fsp3) is 0.125. The first kappa shape index (κ1) is 10.4. The van der Waals surface area contributed by atoms with Gasteiger partial charge in [0.2, 0.25) is 0 Å². The van der Waals surface area contributed by atoms with Gasteiger partial charge in [-0.2, -0.15) is 0 Å². The van der Waals surface area contributed by atoms with E-state index in [4.69, 9.17) is 4.74 Å². The molecule has 0 saturated heterocycles. The number of hydrogen-bond donors (Lipinski definition) is 1. The first-order chi connectivity index (χ1) is 6.58. The van der Waals surface area contributed by atoms with Crippen LogP contribution in [0.2, 0.25) is 0 Å². The molecular weight excluding hydrogens is 442 g/mol. The molecule has 1 heterocycles. The number of anilines is 1. The monoisotopic (exact) mass is 446 g/mol. The zero-order valence-corrected chi connectivity index (χ0v) is 14.1. The Hall–Kier alpha value is -0.165. The van der Waals surface area contributed by atoms with Crippen LogP contribution in [0.1, 0.15) is 0 Å². The van der Waals surface area contributed by atoms with Crippen molar-refractivity contribution < 1.29 is 40.0 Å². The molecule has 0 aromatic heterocycles. The van der Waals surface area contributed by atoms with E-state index in [1.807, 2.05) is 0 Å². The number of nitrogens with one attached hydrogen (secondary N) is 1. The molecule has 0 saturated carbocycles. The Morgan fingerprint density at radius 3 is 3.00 bits per heavy atom. The number of carbonyl (C=O) groups excluding carboxylic acids is 1. The minimum absolute atomic E-state index is 0.178. The summed E-state index contributed by atoms with van der Waals surface area (Å²) < 4.78 is 18.4. The molecular formula is C8H4BrFHgNO2. The van der Waals surface area contributed by atoms with Gasteiger partial charge in [0.1, 0.15) is 0 Å². The third kappa shape index (κ3) is 1.79. The summed E-state index contributed by atoms with van der Waals surface area (Å²) in [7, 11) is 0. The molecule has 0 fully saturated rings. The molecule has 0 radical (unpaired) electrons. The number of halogens is 2. The SMILES string of the molecule is O=C1Nc2cc(F)c(Br)cc2O[CH]1[Hg]. The van der Waals surface area contributed by atoms with E-state index in [1.165, 1.54) is 12.1 Å². The Kier molecular flexibility index (Phi) is 2.79. The molecule has 1 amide bonds. The van der Waals surface area contributed by atoms with Crippen LogP contribution in [0.15, 0.2) is 16.6 Å². The molecule has 1 aromatic carbocycles. The summed E-state index contributed by atoms with van der Waals surface area (Å²) in [6.45, 7) is 0. The molecule has 69 valence electrons. The standard InChI is InChI=1S/C8H4BrFNO2.Hg/c9-4-1-7-6(2-5(4)10)11-8(12)3-13-7;/h1-3H,(H,11,12);. The summed E-state index contributed by atoms with van der Waals surface area (Å²) in [6, 6.07) is 2.78. The Balaban J connectivity index is 2.47. The van der Waals surface area contributed by atoms with Crippen molar-refractivity contribution in [1.82, 2.24) is 0 Å². The predicted octanol–water partition coefficient (Wildman–Crippen LogP) is 1.79. The molecule has 14 heavy (non-hydrogen) atoms. The van der Waals surface area contributed by atoms with Crippen LogP contribution in [0, 0.1) is 5.82 Å². The first-order valence-corrected chi connectivity index (χ1v) is 7.84. The van der Waals surface area contributed by atoms with Gasteiger partial charge in [-0.3, -0.25) is 0 Å². The summed E-state index contributed by atoms with van der Waals surface area (Å²) in [5.74, 6) is -0.0650. The quantitative estimate of drug-likeness (QED) is 0.619. The van der Waals surface area contributed by atoms with Crippen molar-refractivity contribution >= 4 is 27.5 Å². The minimum atomic E-state index is -0.413. The predicted molar refractivity (Wildman–Crippen MR) is 47.1 cm³/mol. The normalized spacial score (nSPS) is 19.7. The second-order valence-corrected chi connectivity index (χ2v) is 6.60. The van der Waals surface area contributed by atoms with E-state index in [-0.39, 0.29) is 35.6 Å². The average Bonchev–Trinajstić information content (AvgIpc) is 2.11. The fourth-order valence-corrected chi connectivity index (χ4v) is 2.56. The fourth-order valence-electron chi connectivity index (χ4n) is 1.14. The zero-order valence-electron chi connectivity index (χ0n) is 7.01. The van der Waals surface area contributed by atoms with Gasteiger partial charge >= 0.3 is 105 Å². The number of rotatable bonds is 0. The molecule has 3 nitrogen and oxygen atoms in total. The molecule has 1 unspecified atom stereocenters. The van der Waals surface area contributed by atoms with Gasteiger partial charge in [0.25, 0.3) is 0 Å². The summed E-state index contributed by atoms with van der Waals surface area (Å²) in [4.78, 5) is 11.2. The molecule has 1 aliphatic rings. The Labute approximate surface area is 104 Å². The number of amides is 1. The van der Waals surface area contributed by atoms with Crippen LogP contribution in [0.4, 0.5) is 10.1 Å². The number of carbonyl (C=O) groups is 1. The van der Waals surface area contributed by atoms with Crippen LogP contribution in [-0.2, 0) is 30.9 Å². The van der Waals surface area contributed by atoms with Crippen molar-refractivity contribution in [2.75, 3.05) is 5.32 Å². The number of fused-ring (bicyclic) bond motifs is 1. The Bertz CT molecular complexity index is 413. The van der Waals surface area contributed by atoms with Gasteiger partial charge in [0.05, 0.1) is 0 Å². The van der Waals surface area contributed by atoms with E-state index in [9.17, 15) is 9.18 Å². The summed E-state index contributed by atoms with van der Waals surface area (Å²) in [6.07, 6.45) is 0. The van der Waals surface area contributed by atoms with Crippen molar-refractivity contribution in [2.24, 2.45) is 0 Å². The summed E-state index contributed by atoms with van der Waals surface area (Å²) in [5.41, 5.74) is 0.400. The third-order valence-corrected chi connectivity index (χ3v) is 4.54. The second kappa shape index (κ2) is 3.77. The van der Waals surface area contributed by atoms with Crippen LogP contribution in [0.5, 0.6) is 5.75 Å². The van der Waals surface area contributed by atoms with Crippen molar-refractivity contribution in [1.29, 1.82) is 0 Å². The molecule has 1 aliphatic heterocycles. The van der Waals surface area contributed by atoms with Crippen LogP contribution >= 0.6 is 15.9 Å². The third-order valence-electron chi connectivity index (χ3n) is 1.84. The molecule has 0 aliphatic carbocycles. The molecule has 0 bridgehead atoms. The molecule has 6 heteroatoms. The van der Waals surface area contributed by atoms with E-state index in [2.05, 4.69) is 21.2 Å². The number of ether oxygens (including phenoxy) is 1. The number of hydrogen-bond acceptors (Lipinski definition) is 2. The van der Waals surface area contributed by atoms with Gasteiger partial charge in [-0.05, 0) is 0 Å². The van der Waals surface area contributed by atoms with Gasteiger partial charge in [-0.1, -0.05) is 0 Å². The maximum absolute atomic E-state index is 13.1. The van der Waals surface area contributed by atoms with Gasteiger partial charge < -0.3 is 0 Å². The van der Waals surface area contributed by atoms with E-state index in [0.29, 0.717) is 15.9 Å². The van der Waals surface area contributed by atoms with Crippen molar-refractivity contribution in [3.63, 3.8) is 0 Å². The summed E-state index contributed by atoms with van der Waals surface area (Å²) >= 11 is 3.25. The first-order valence-electron chi connectivity index (χ1n) is 3.87. The van der Waals surface area contributed by atoms with Gasteiger partial charge in [-0.25, -0.2) is 0 Å².